The average Bonchev–Trinajstić information content (AvgIpc) is 2.44. The summed E-state index contributed by atoms with van der Waals surface area (Å²) in [6.07, 6.45) is 0. The summed E-state index contributed by atoms with van der Waals surface area (Å²) >= 11 is 11.9. The monoisotopic (exact) mass is 311 g/mol. The third-order valence-corrected chi connectivity index (χ3v) is 3.52. The van der Waals surface area contributed by atoms with E-state index in [0.29, 0.717) is 17.1 Å². The van der Waals surface area contributed by atoms with E-state index in [1.165, 1.54) is 6.07 Å². The SMILES string of the molecule is COc1ccccc1N(C)Cc1cc(Cl)cc(Cl)c1O. The van der Waals surface area contributed by atoms with Gasteiger partial charge in [0.1, 0.15) is 11.5 Å². The lowest BCUT2D eigenvalue weighted by Crippen LogP contribution is -2.17. The first-order chi connectivity index (χ1) is 9.52. The molecule has 0 fully saturated rings. The zero-order valence-corrected chi connectivity index (χ0v) is 12.7. The number of methoxy groups -OCH3 is 1. The maximum absolute atomic E-state index is 10.00. The molecule has 20 heavy (non-hydrogen) atoms. The molecule has 0 radical (unpaired) electrons. The Labute approximate surface area is 128 Å². The van der Waals surface area contributed by atoms with Crippen molar-refractivity contribution >= 4 is 28.9 Å². The minimum atomic E-state index is 0.0535. The second-order valence-corrected chi connectivity index (χ2v) is 5.27. The fourth-order valence-electron chi connectivity index (χ4n) is 2.03. The van der Waals surface area contributed by atoms with Gasteiger partial charge in [0.15, 0.2) is 0 Å². The van der Waals surface area contributed by atoms with Crippen molar-refractivity contribution in [3.05, 3.63) is 52.0 Å². The predicted octanol–water partition coefficient (Wildman–Crippen LogP) is 4.34. The van der Waals surface area contributed by atoms with Gasteiger partial charge in [-0.25, -0.2) is 0 Å². The number of hydrogen-bond acceptors (Lipinski definition) is 3. The first-order valence-electron chi connectivity index (χ1n) is 6.04. The highest BCUT2D eigenvalue weighted by atomic mass is 35.5. The van der Waals surface area contributed by atoms with Crippen LogP contribution in [0.3, 0.4) is 0 Å². The van der Waals surface area contributed by atoms with E-state index in [1.807, 2.05) is 36.2 Å². The molecule has 0 aliphatic heterocycles. The van der Waals surface area contributed by atoms with Crippen LogP contribution >= 0.6 is 23.2 Å². The Bertz CT molecular complexity index is 617. The molecule has 0 heterocycles. The molecule has 0 atom stereocenters. The van der Waals surface area contributed by atoms with Crippen LogP contribution in [0.2, 0.25) is 10.0 Å². The second-order valence-electron chi connectivity index (χ2n) is 4.42. The first-order valence-corrected chi connectivity index (χ1v) is 6.79. The molecule has 0 aromatic heterocycles. The van der Waals surface area contributed by atoms with Crippen LogP contribution in [0, 0.1) is 0 Å². The Kier molecular flexibility index (Phi) is 4.63. The van der Waals surface area contributed by atoms with E-state index < -0.39 is 0 Å². The molecule has 0 saturated carbocycles. The van der Waals surface area contributed by atoms with Gasteiger partial charge in [-0.15, -0.1) is 0 Å². The maximum atomic E-state index is 10.00. The third-order valence-electron chi connectivity index (χ3n) is 3.01. The van der Waals surface area contributed by atoms with E-state index in [1.54, 1.807) is 13.2 Å². The standard InChI is InChI=1S/C15H15Cl2NO2/c1-18(13-5-3-4-6-14(13)20-2)9-10-7-11(16)8-12(17)15(10)19/h3-8,19H,9H2,1-2H3. The van der Waals surface area contributed by atoms with Crippen molar-refractivity contribution in [1.29, 1.82) is 0 Å². The number of halogens is 2. The predicted molar refractivity (Wildman–Crippen MR) is 83.2 cm³/mol. The van der Waals surface area contributed by atoms with Gasteiger partial charge in [-0.1, -0.05) is 35.3 Å². The number of hydrogen-bond donors (Lipinski definition) is 1. The zero-order chi connectivity index (χ0) is 14.7. The van der Waals surface area contributed by atoms with Crippen molar-refractivity contribution in [2.24, 2.45) is 0 Å². The summed E-state index contributed by atoms with van der Waals surface area (Å²) in [7, 11) is 3.53. The van der Waals surface area contributed by atoms with Gasteiger partial charge in [-0.2, -0.15) is 0 Å². The van der Waals surface area contributed by atoms with Gasteiger partial charge in [0.05, 0.1) is 17.8 Å². The minimum absolute atomic E-state index is 0.0535. The molecular formula is C15H15Cl2NO2. The third kappa shape index (κ3) is 3.11. The van der Waals surface area contributed by atoms with E-state index in [-0.39, 0.29) is 10.8 Å². The van der Waals surface area contributed by atoms with E-state index in [0.717, 1.165) is 11.4 Å². The number of phenols is 1. The van der Waals surface area contributed by atoms with E-state index in [9.17, 15) is 5.11 Å². The minimum Gasteiger partial charge on any atom is -0.506 e. The Balaban J connectivity index is 2.30. The van der Waals surface area contributed by atoms with Crippen molar-refractivity contribution in [3.8, 4) is 11.5 Å². The first kappa shape index (κ1) is 14.8. The second kappa shape index (κ2) is 6.25. The van der Waals surface area contributed by atoms with Crippen molar-refractivity contribution < 1.29 is 9.84 Å². The van der Waals surface area contributed by atoms with Crippen LogP contribution in [-0.4, -0.2) is 19.3 Å². The Morgan fingerprint density at radius 1 is 1.20 bits per heavy atom. The summed E-state index contributed by atoms with van der Waals surface area (Å²) in [6.45, 7) is 0.465. The number of ether oxygens (including phenoxy) is 1. The van der Waals surface area contributed by atoms with Crippen LogP contribution < -0.4 is 9.64 Å². The maximum Gasteiger partial charge on any atom is 0.142 e. The lowest BCUT2D eigenvalue weighted by Gasteiger charge is -2.22. The quantitative estimate of drug-likeness (QED) is 0.911. The van der Waals surface area contributed by atoms with Crippen LogP contribution in [-0.2, 0) is 6.54 Å². The molecular weight excluding hydrogens is 297 g/mol. The molecule has 2 rings (SSSR count). The fraction of sp³-hybridized carbons (Fsp3) is 0.200. The summed E-state index contributed by atoms with van der Waals surface area (Å²) in [6, 6.07) is 10.9. The van der Waals surface area contributed by atoms with Gasteiger partial charge >= 0.3 is 0 Å². The molecule has 3 nitrogen and oxygen atoms in total. The molecule has 1 N–H and O–H groups in total. The summed E-state index contributed by atoms with van der Waals surface area (Å²) < 4.78 is 5.33. The summed E-state index contributed by atoms with van der Waals surface area (Å²) in [5.74, 6) is 0.820. The van der Waals surface area contributed by atoms with Gasteiger partial charge in [0, 0.05) is 24.2 Å². The molecule has 106 valence electrons. The lowest BCUT2D eigenvalue weighted by molar-refractivity contribution is 0.414. The van der Waals surface area contributed by atoms with Crippen LogP contribution in [0.25, 0.3) is 0 Å². The highest BCUT2D eigenvalue weighted by Gasteiger charge is 2.13. The Hall–Kier alpha value is -1.58. The Morgan fingerprint density at radius 2 is 1.90 bits per heavy atom. The molecule has 2 aromatic rings. The number of benzene rings is 2. The van der Waals surface area contributed by atoms with E-state index in [2.05, 4.69) is 0 Å². The van der Waals surface area contributed by atoms with Crippen LogP contribution in [0.1, 0.15) is 5.56 Å². The number of rotatable bonds is 4. The van der Waals surface area contributed by atoms with Crippen molar-refractivity contribution in [2.75, 3.05) is 19.1 Å². The highest BCUT2D eigenvalue weighted by molar-refractivity contribution is 6.35. The highest BCUT2D eigenvalue weighted by Crippen LogP contribution is 2.34. The molecule has 0 unspecified atom stereocenters. The number of para-hydroxylation sites is 2. The van der Waals surface area contributed by atoms with Crippen molar-refractivity contribution in [1.82, 2.24) is 0 Å². The number of nitrogens with zero attached hydrogens (tertiary/aromatic N) is 1. The summed E-state index contributed by atoms with van der Waals surface area (Å²) in [5.41, 5.74) is 1.58. The van der Waals surface area contributed by atoms with E-state index in [4.69, 9.17) is 27.9 Å². The molecule has 0 bridgehead atoms. The number of aromatic hydroxyl groups is 1. The topological polar surface area (TPSA) is 32.7 Å². The van der Waals surface area contributed by atoms with Gasteiger partial charge in [0.2, 0.25) is 0 Å². The normalized spacial score (nSPS) is 10.4. The molecule has 2 aromatic carbocycles. The fourth-order valence-corrected chi connectivity index (χ4v) is 2.56. The zero-order valence-electron chi connectivity index (χ0n) is 11.2. The summed E-state index contributed by atoms with van der Waals surface area (Å²) in [4.78, 5) is 1.96. The number of phenolic OH excluding ortho intramolecular Hbond substituents is 1. The molecule has 0 amide bonds. The van der Waals surface area contributed by atoms with Crippen molar-refractivity contribution in [2.45, 2.75) is 6.54 Å². The molecule has 0 aliphatic rings. The molecule has 0 saturated heterocycles. The molecule has 0 aliphatic carbocycles. The lowest BCUT2D eigenvalue weighted by atomic mass is 10.1. The van der Waals surface area contributed by atoms with Crippen LogP contribution in [0.5, 0.6) is 11.5 Å². The summed E-state index contributed by atoms with van der Waals surface area (Å²) in [5, 5.41) is 10.7. The molecule has 5 heteroatoms. The van der Waals surface area contributed by atoms with Gasteiger partial charge in [-0.3, -0.25) is 0 Å². The number of anilines is 1. The smallest absolute Gasteiger partial charge is 0.142 e. The van der Waals surface area contributed by atoms with Gasteiger partial charge < -0.3 is 14.7 Å². The average molecular weight is 312 g/mol. The van der Waals surface area contributed by atoms with Gasteiger partial charge in [0.25, 0.3) is 0 Å². The van der Waals surface area contributed by atoms with Crippen LogP contribution in [0.4, 0.5) is 5.69 Å². The van der Waals surface area contributed by atoms with Crippen LogP contribution in [0.15, 0.2) is 36.4 Å². The Morgan fingerprint density at radius 3 is 2.60 bits per heavy atom. The molecule has 0 spiro atoms. The van der Waals surface area contributed by atoms with Crippen molar-refractivity contribution in [3.63, 3.8) is 0 Å². The van der Waals surface area contributed by atoms with Gasteiger partial charge in [-0.05, 0) is 24.3 Å². The van der Waals surface area contributed by atoms with E-state index >= 15 is 0 Å². The largest absolute Gasteiger partial charge is 0.506 e.